The van der Waals surface area contributed by atoms with Gasteiger partial charge >= 0.3 is 0 Å². The van der Waals surface area contributed by atoms with Gasteiger partial charge in [-0.15, -0.1) is 0 Å². The standard InChI is InChI=1S/C36H24/c1-3-9-25(10-4-1)29-19-20-34-33(22-29)23-31-17-16-30(26-11-5-2-6-12-26)24-35(31)36(34)32-18-15-27-13-7-8-14-28(27)21-32/h1-24H. The Hall–Kier alpha value is -4.68. The van der Waals surface area contributed by atoms with E-state index in [2.05, 4.69) is 146 Å². The number of hydrogen-bond donors (Lipinski definition) is 0. The van der Waals surface area contributed by atoms with E-state index in [0.29, 0.717) is 0 Å². The molecular weight excluding hydrogens is 432 g/mol. The van der Waals surface area contributed by atoms with E-state index < -0.39 is 0 Å². The van der Waals surface area contributed by atoms with E-state index in [9.17, 15) is 0 Å². The molecule has 0 aromatic heterocycles. The van der Waals surface area contributed by atoms with Crippen LogP contribution in [0.2, 0.25) is 0 Å². The molecule has 0 amide bonds. The van der Waals surface area contributed by atoms with E-state index in [1.807, 2.05) is 0 Å². The molecule has 36 heavy (non-hydrogen) atoms. The van der Waals surface area contributed by atoms with Crippen molar-refractivity contribution >= 4 is 32.3 Å². The summed E-state index contributed by atoms with van der Waals surface area (Å²) in [5, 5.41) is 7.62. The Labute approximate surface area is 211 Å². The molecule has 0 radical (unpaired) electrons. The Bertz CT molecular complexity index is 1860. The molecule has 0 heterocycles. The van der Waals surface area contributed by atoms with Crippen LogP contribution in [0.5, 0.6) is 0 Å². The van der Waals surface area contributed by atoms with Gasteiger partial charge in [-0.25, -0.2) is 0 Å². The Kier molecular flexibility index (Phi) is 4.89. The molecule has 0 aliphatic carbocycles. The fourth-order valence-corrected chi connectivity index (χ4v) is 5.40. The molecule has 0 aliphatic heterocycles. The van der Waals surface area contributed by atoms with Crippen molar-refractivity contribution in [1.29, 1.82) is 0 Å². The predicted molar refractivity (Wildman–Crippen MR) is 155 cm³/mol. The molecule has 0 fully saturated rings. The van der Waals surface area contributed by atoms with Gasteiger partial charge in [-0.3, -0.25) is 0 Å². The highest BCUT2D eigenvalue weighted by Gasteiger charge is 2.13. The van der Waals surface area contributed by atoms with E-state index in [1.165, 1.54) is 65.7 Å². The van der Waals surface area contributed by atoms with Crippen LogP contribution in [0, 0.1) is 0 Å². The third-order valence-electron chi connectivity index (χ3n) is 7.21. The first kappa shape index (κ1) is 20.7. The summed E-state index contributed by atoms with van der Waals surface area (Å²) >= 11 is 0. The van der Waals surface area contributed by atoms with Crippen molar-refractivity contribution in [3.05, 3.63) is 146 Å². The van der Waals surface area contributed by atoms with Gasteiger partial charge in [-0.2, -0.15) is 0 Å². The highest BCUT2D eigenvalue weighted by Crippen LogP contribution is 2.40. The zero-order valence-electron chi connectivity index (χ0n) is 19.9. The zero-order valence-corrected chi connectivity index (χ0v) is 19.9. The third kappa shape index (κ3) is 3.56. The normalized spacial score (nSPS) is 11.3. The van der Waals surface area contributed by atoms with E-state index in [-0.39, 0.29) is 0 Å². The van der Waals surface area contributed by atoms with Gasteiger partial charge in [0.25, 0.3) is 0 Å². The van der Waals surface area contributed by atoms with Crippen LogP contribution in [-0.2, 0) is 0 Å². The SMILES string of the molecule is c1ccc(-c2ccc3c(-c4ccc5ccccc5c4)c4cc(-c5ccccc5)ccc4cc3c2)cc1. The number of fused-ring (bicyclic) bond motifs is 3. The molecule has 0 saturated carbocycles. The minimum absolute atomic E-state index is 1.24. The minimum atomic E-state index is 1.24. The number of benzene rings is 7. The van der Waals surface area contributed by atoms with Crippen molar-refractivity contribution < 1.29 is 0 Å². The predicted octanol–water partition coefficient (Wildman–Crippen LogP) is 10.1. The fourth-order valence-electron chi connectivity index (χ4n) is 5.40. The lowest BCUT2D eigenvalue weighted by Crippen LogP contribution is -1.88. The third-order valence-corrected chi connectivity index (χ3v) is 7.21. The monoisotopic (exact) mass is 456 g/mol. The van der Waals surface area contributed by atoms with Crippen LogP contribution in [-0.4, -0.2) is 0 Å². The van der Waals surface area contributed by atoms with Gasteiger partial charge in [-0.05, 0) is 90.0 Å². The van der Waals surface area contributed by atoms with Crippen molar-refractivity contribution in [3.63, 3.8) is 0 Å². The van der Waals surface area contributed by atoms with Gasteiger partial charge in [0.1, 0.15) is 0 Å². The summed E-state index contributed by atoms with van der Waals surface area (Å²) in [5.41, 5.74) is 7.51. The second-order valence-corrected chi connectivity index (χ2v) is 9.42. The molecule has 7 aromatic carbocycles. The topological polar surface area (TPSA) is 0 Å². The van der Waals surface area contributed by atoms with Crippen LogP contribution in [0.25, 0.3) is 65.7 Å². The first-order valence-electron chi connectivity index (χ1n) is 12.4. The molecule has 7 aromatic rings. The lowest BCUT2D eigenvalue weighted by atomic mass is 9.88. The second-order valence-electron chi connectivity index (χ2n) is 9.42. The summed E-state index contributed by atoms with van der Waals surface area (Å²) in [6.45, 7) is 0. The molecule has 7 rings (SSSR count). The van der Waals surface area contributed by atoms with Crippen molar-refractivity contribution in [2.45, 2.75) is 0 Å². The Morgan fingerprint density at radius 1 is 0.250 bits per heavy atom. The molecule has 0 N–H and O–H groups in total. The van der Waals surface area contributed by atoms with Crippen molar-refractivity contribution in [3.8, 4) is 33.4 Å². The Morgan fingerprint density at radius 3 is 1.56 bits per heavy atom. The molecular formula is C36H24. The summed E-state index contributed by atoms with van der Waals surface area (Å²) in [4.78, 5) is 0. The maximum Gasteiger partial charge on any atom is -0.00264 e. The molecule has 168 valence electrons. The molecule has 0 aliphatic rings. The quantitative estimate of drug-likeness (QED) is 0.232. The van der Waals surface area contributed by atoms with E-state index in [4.69, 9.17) is 0 Å². The molecule has 0 spiro atoms. The highest BCUT2D eigenvalue weighted by atomic mass is 14.2. The number of rotatable bonds is 3. The lowest BCUT2D eigenvalue weighted by molar-refractivity contribution is 1.63. The largest absolute Gasteiger partial charge is 0.0622 e. The average molecular weight is 457 g/mol. The zero-order chi connectivity index (χ0) is 23.9. The first-order valence-corrected chi connectivity index (χ1v) is 12.4. The molecule has 0 nitrogen and oxygen atoms in total. The summed E-state index contributed by atoms with van der Waals surface area (Å²) in [5.74, 6) is 0. The van der Waals surface area contributed by atoms with Crippen LogP contribution in [0.4, 0.5) is 0 Å². The molecule has 0 atom stereocenters. The molecule has 0 bridgehead atoms. The van der Waals surface area contributed by atoms with Crippen LogP contribution in [0.1, 0.15) is 0 Å². The van der Waals surface area contributed by atoms with Crippen molar-refractivity contribution in [1.82, 2.24) is 0 Å². The maximum atomic E-state index is 2.36. The highest BCUT2D eigenvalue weighted by molar-refractivity contribution is 6.14. The first-order chi connectivity index (χ1) is 17.8. The summed E-state index contributed by atoms with van der Waals surface area (Å²) in [6, 6.07) is 52.9. The molecule has 0 saturated heterocycles. The Balaban J connectivity index is 1.54. The van der Waals surface area contributed by atoms with Gasteiger partial charge in [-0.1, -0.05) is 121 Å². The summed E-state index contributed by atoms with van der Waals surface area (Å²) in [6.07, 6.45) is 0. The van der Waals surface area contributed by atoms with Crippen molar-refractivity contribution in [2.75, 3.05) is 0 Å². The van der Waals surface area contributed by atoms with Gasteiger partial charge in [0.15, 0.2) is 0 Å². The smallest absolute Gasteiger partial charge is 0.00264 e. The molecule has 0 unspecified atom stereocenters. The average Bonchev–Trinajstić information content (AvgIpc) is 2.96. The van der Waals surface area contributed by atoms with Crippen LogP contribution in [0.15, 0.2) is 146 Å². The maximum absolute atomic E-state index is 2.36. The van der Waals surface area contributed by atoms with Gasteiger partial charge in [0.2, 0.25) is 0 Å². The van der Waals surface area contributed by atoms with Crippen LogP contribution >= 0.6 is 0 Å². The van der Waals surface area contributed by atoms with Gasteiger partial charge in [0, 0.05) is 0 Å². The lowest BCUT2D eigenvalue weighted by Gasteiger charge is -2.15. The van der Waals surface area contributed by atoms with E-state index >= 15 is 0 Å². The summed E-state index contributed by atoms with van der Waals surface area (Å²) in [7, 11) is 0. The Morgan fingerprint density at radius 2 is 0.806 bits per heavy atom. The molecule has 0 heteroatoms. The minimum Gasteiger partial charge on any atom is -0.0622 e. The number of hydrogen-bond acceptors (Lipinski definition) is 0. The summed E-state index contributed by atoms with van der Waals surface area (Å²) < 4.78 is 0. The van der Waals surface area contributed by atoms with Crippen LogP contribution in [0.3, 0.4) is 0 Å². The van der Waals surface area contributed by atoms with Gasteiger partial charge in [0.05, 0.1) is 0 Å². The van der Waals surface area contributed by atoms with Crippen LogP contribution < -0.4 is 0 Å². The van der Waals surface area contributed by atoms with E-state index in [1.54, 1.807) is 0 Å². The van der Waals surface area contributed by atoms with Crippen molar-refractivity contribution in [2.24, 2.45) is 0 Å². The second kappa shape index (κ2) is 8.52. The fraction of sp³-hybridized carbons (Fsp3) is 0. The van der Waals surface area contributed by atoms with E-state index in [0.717, 1.165) is 0 Å². The van der Waals surface area contributed by atoms with Gasteiger partial charge < -0.3 is 0 Å².